The Hall–Kier alpha value is -1.28. The Bertz CT molecular complexity index is 514. The van der Waals surface area contributed by atoms with Crippen LogP contribution >= 0.6 is 11.8 Å². The van der Waals surface area contributed by atoms with E-state index in [4.69, 9.17) is 5.11 Å². The van der Waals surface area contributed by atoms with E-state index in [1.54, 1.807) is 0 Å². The summed E-state index contributed by atoms with van der Waals surface area (Å²) >= 11 is 1.11. The van der Waals surface area contributed by atoms with E-state index in [1.165, 1.54) is 6.07 Å². The van der Waals surface area contributed by atoms with Crippen molar-refractivity contribution in [1.82, 2.24) is 10.3 Å². The Balaban J connectivity index is 1.74. The zero-order valence-corrected chi connectivity index (χ0v) is 13.3. The lowest BCUT2D eigenvalue weighted by atomic mass is 9.86. The largest absolute Gasteiger partial charge is 0.417 e. The highest BCUT2D eigenvalue weighted by atomic mass is 32.2. The fraction of sp³-hybridized carbons (Fsp3) is 0.600. The number of aliphatic hydroxyl groups is 1. The summed E-state index contributed by atoms with van der Waals surface area (Å²) in [5.41, 5.74) is -0.799. The van der Waals surface area contributed by atoms with Crippen LogP contribution in [0.1, 0.15) is 31.2 Å². The van der Waals surface area contributed by atoms with Crippen molar-refractivity contribution in [3.63, 3.8) is 0 Å². The van der Waals surface area contributed by atoms with E-state index in [1.807, 2.05) is 0 Å². The Morgan fingerprint density at radius 1 is 1.30 bits per heavy atom. The number of carbonyl (C=O) groups is 1. The molecule has 4 nitrogen and oxygen atoms in total. The highest BCUT2D eigenvalue weighted by Crippen LogP contribution is 2.29. The van der Waals surface area contributed by atoms with Gasteiger partial charge in [-0.25, -0.2) is 4.98 Å². The van der Waals surface area contributed by atoms with Gasteiger partial charge in [-0.15, -0.1) is 0 Å². The predicted molar refractivity (Wildman–Crippen MR) is 80.9 cm³/mol. The monoisotopic (exact) mass is 348 g/mol. The van der Waals surface area contributed by atoms with E-state index in [-0.39, 0.29) is 24.3 Å². The molecule has 23 heavy (non-hydrogen) atoms. The van der Waals surface area contributed by atoms with Crippen molar-refractivity contribution in [2.45, 2.75) is 42.9 Å². The van der Waals surface area contributed by atoms with E-state index in [9.17, 15) is 18.0 Å². The lowest BCUT2D eigenvalue weighted by Gasteiger charge is -2.27. The SMILES string of the molecule is O=C(CSc1ccc(C(F)(F)F)cn1)NC1CCC(CO)CC1. The number of aliphatic hydroxyl groups excluding tert-OH is 1. The van der Waals surface area contributed by atoms with Gasteiger partial charge in [0.2, 0.25) is 5.91 Å². The lowest BCUT2D eigenvalue weighted by Crippen LogP contribution is -2.39. The normalized spacial score (nSPS) is 21.9. The summed E-state index contributed by atoms with van der Waals surface area (Å²) in [6, 6.07) is 2.35. The molecule has 0 aliphatic heterocycles. The van der Waals surface area contributed by atoms with Crippen LogP contribution in [-0.2, 0) is 11.0 Å². The predicted octanol–water partition coefficient (Wildman–Crippen LogP) is 2.86. The van der Waals surface area contributed by atoms with Crippen molar-refractivity contribution in [3.8, 4) is 0 Å². The second-order valence-electron chi connectivity index (χ2n) is 5.64. The van der Waals surface area contributed by atoms with Crippen LogP contribution in [0, 0.1) is 5.92 Å². The topological polar surface area (TPSA) is 62.2 Å². The van der Waals surface area contributed by atoms with Crippen LogP contribution in [0.4, 0.5) is 13.2 Å². The Morgan fingerprint density at radius 2 is 2.00 bits per heavy atom. The number of aromatic nitrogens is 1. The molecule has 0 aromatic carbocycles. The van der Waals surface area contributed by atoms with Crippen molar-refractivity contribution >= 4 is 17.7 Å². The van der Waals surface area contributed by atoms with Crippen LogP contribution in [0.2, 0.25) is 0 Å². The number of carbonyl (C=O) groups excluding carboxylic acids is 1. The van der Waals surface area contributed by atoms with E-state index in [0.717, 1.165) is 49.7 Å². The maximum absolute atomic E-state index is 12.4. The third kappa shape index (κ3) is 5.69. The number of alkyl halides is 3. The number of nitrogens with one attached hydrogen (secondary N) is 1. The molecule has 8 heteroatoms. The number of rotatable bonds is 5. The van der Waals surface area contributed by atoms with Crippen molar-refractivity contribution in [2.24, 2.45) is 5.92 Å². The van der Waals surface area contributed by atoms with Gasteiger partial charge in [0.15, 0.2) is 0 Å². The second-order valence-corrected chi connectivity index (χ2v) is 6.63. The molecule has 128 valence electrons. The minimum Gasteiger partial charge on any atom is -0.396 e. The first-order valence-corrected chi connectivity index (χ1v) is 8.43. The summed E-state index contributed by atoms with van der Waals surface area (Å²) in [5, 5.41) is 12.4. The van der Waals surface area contributed by atoms with E-state index in [2.05, 4.69) is 10.3 Å². The fourth-order valence-electron chi connectivity index (χ4n) is 2.53. The average Bonchev–Trinajstić information content (AvgIpc) is 2.53. The molecule has 0 saturated heterocycles. The molecular formula is C15H19F3N2O2S. The van der Waals surface area contributed by atoms with Gasteiger partial charge in [0.25, 0.3) is 0 Å². The van der Waals surface area contributed by atoms with E-state index < -0.39 is 11.7 Å². The van der Waals surface area contributed by atoms with Crippen LogP contribution in [0.5, 0.6) is 0 Å². The third-order valence-corrected chi connectivity index (χ3v) is 4.83. The third-order valence-electron chi connectivity index (χ3n) is 3.88. The van der Waals surface area contributed by atoms with Gasteiger partial charge in [0, 0.05) is 18.8 Å². The molecule has 0 atom stereocenters. The molecular weight excluding hydrogens is 329 g/mol. The van der Waals surface area contributed by atoms with Crippen LogP contribution in [0.15, 0.2) is 23.4 Å². The zero-order chi connectivity index (χ0) is 16.9. The van der Waals surface area contributed by atoms with Crippen molar-refractivity contribution in [2.75, 3.05) is 12.4 Å². The van der Waals surface area contributed by atoms with Gasteiger partial charge in [-0.1, -0.05) is 11.8 Å². The molecule has 2 rings (SSSR count). The van der Waals surface area contributed by atoms with Gasteiger partial charge >= 0.3 is 6.18 Å². The Kier molecular flexibility index (Phi) is 6.29. The van der Waals surface area contributed by atoms with Crippen LogP contribution < -0.4 is 5.32 Å². The van der Waals surface area contributed by atoms with E-state index in [0.29, 0.717) is 10.9 Å². The number of halogens is 3. The summed E-state index contributed by atoms with van der Waals surface area (Å²) < 4.78 is 37.3. The summed E-state index contributed by atoms with van der Waals surface area (Å²) in [6.45, 7) is 0.191. The number of amides is 1. The first-order chi connectivity index (χ1) is 10.9. The maximum atomic E-state index is 12.4. The highest BCUT2D eigenvalue weighted by Gasteiger charge is 2.30. The summed E-state index contributed by atoms with van der Waals surface area (Å²) in [7, 11) is 0. The van der Waals surface area contributed by atoms with Crippen LogP contribution in [0.25, 0.3) is 0 Å². The lowest BCUT2D eigenvalue weighted by molar-refractivity contribution is -0.137. The van der Waals surface area contributed by atoms with Gasteiger partial charge in [-0.2, -0.15) is 13.2 Å². The quantitative estimate of drug-likeness (QED) is 0.804. The fourth-order valence-corrected chi connectivity index (χ4v) is 3.19. The van der Waals surface area contributed by atoms with E-state index >= 15 is 0 Å². The van der Waals surface area contributed by atoms with Gasteiger partial charge in [0.1, 0.15) is 0 Å². The molecule has 1 saturated carbocycles. The number of thioether (sulfide) groups is 1. The minimum absolute atomic E-state index is 0.117. The molecule has 0 unspecified atom stereocenters. The molecule has 1 aliphatic rings. The molecule has 0 spiro atoms. The molecule has 1 aromatic heterocycles. The summed E-state index contributed by atoms with van der Waals surface area (Å²) in [5.74, 6) is 0.302. The number of hydrogen-bond donors (Lipinski definition) is 2. The molecule has 0 radical (unpaired) electrons. The standard InChI is InChI=1S/C15H19F3N2O2S/c16-15(17,18)11-3-6-14(19-7-11)23-9-13(22)20-12-4-1-10(8-21)2-5-12/h3,6-7,10,12,21H,1-2,4-5,8-9H2,(H,20,22). The average molecular weight is 348 g/mol. The van der Waals surface area contributed by atoms with Gasteiger partial charge < -0.3 is 10.4 Å². The second kappa shape index (κ2) is 8.01. The molecule has 1 fully saturated rings. The molecule has 2 N–H and O–H groups in total. The van der Waals surface area contributed by atoms with Gasteiger partial charge in [-0.3, -0.25) is 4.79 Å². The maximum Gasteiger partial charge on any atom is 0.417 e. The molecule has 1 aromatic rings. The molecule has 1 amide bonds. The van der Waals surface area contributed by atoms with Gasteiger partial charge in [-0.05, 0) is 43.7 Å². The number of hydrogen-bond acceptors (Lipinski definition) is 4. The Labute approximate surface area is 136 Å². The molecule has 1 heterocycles. The van der Waals surface area contributed by atoms with Gasteiger partial charge in [0.05, 0.1) is 16.3 Å². The molecule has 0 bridgehead atoms. The smallest absolute Gasteiger partial charge is 0.396 e. The van der Waals surface area contributed by atoms with Crippen LogP contribution in [-0.4, -0.2) is 34.4 Å². The van der Waals surface area contributed by atoms with Crippen molar-refractivity contribution < 1.29 is 23.1 Å². The molecule has 1 aliphatic carbocycles. The minimum atomic E-state index is -4.40. The number of pyridine rings is 1. The van der Waals surface area contributed by atoms with Crippen LogP contribution in [0.3, 0.4) is 0 Å². The highest BCUT2D eigenvalue weighted by molar-refractivity contribution is 7.99. The number of nitrogens with zero attached hydrogens (tertiary/aromatic N) is 1. The summed E-state index contributed by atoms with van der Waals surface area (Å²) in [6.07, 6.45) is -0.137. The first kappa shape index (κ1) is 18.1. The Morgan fingerprint density at radius 3 is 2.52 bits per heavy atom. The first-order valence-electron chi connectivity index (χ1n) is 7.44. The zero-order valence-electron chi connectivity index (χ0n) is 12.5. The van der Waals surface area contributed by atoms with Crippen molar-refractivity contribution in [3.05, 3.63) is 23.9 Å². The summed E-state index contributed by atoms with van der Waals surface area (Å²) in [4.78, 5) is 15.6. The van der Waals surface area contributed by atoms with Crippen molar-refractivity contribution in [1.29, 1.82) is 0 Å².